The van der Waals surface area contributed by atoms with E-state index in [2.05, 4.69) is 82.8 Å². The second-order valence-electron chi connectivity index (χ2n) is 17.9. The highest BCUT2D eigenvalue weighted by Gasteiger charge is 2.35. The van der Waals surface area contributed by atoms with Crippen LogP contribution in [0, 0.1) is 0 Å². The van der Waals surface area contributed by atoms with E-state index in [4.69, 9.17) is 17.2 Å². The van der Waals surface area contributed by atoms with Crippen molar-refractivity contribution in [1.82, 2.24) is 52.5 Å². The third kappa shape index (κ3) is 20.8. The highest BCUT2D eigenvalue weighted by molar-refractivity contribution is 7.80. The van der Waals surface area contributed by atoms with E-state index in [9.17, 15) is 53.1 Å². The van der Waals surface area contributed by atoms with Crippen molar-refractivity contribution in [1.29, 1.82) is 0 Å². The molecule has 0 saturated carbocycles. The van der Waals surface area contributed by atoms with E-state index in [1.54, 1.807) is 36.4 Å². The van der Waals surface area contributed by atoms with Crippen LogP contribution in [-0.4, -0.2) is 147 Å². The van der Waals surface area contributed by atoms with Crippen molar-refractivity contribution < 1.29 is 53.1 Å². The standard InChI is InChI=1S/C50H66N14O11S2/c1-27(43(69)64-39(24-76)42(51)68)57-46(72)37(21-30-14-15-31-11-6-7-12-32(31)19-30)61-44(70)34(13-8-18-55-50(52)53)59-47(73)36(20-29-9-4-3-5-10-29)62-48(74)38(22-33-23-54-26-56-33)63-45(71)35(16-17-41(66)67)60-49(75)40(25-77)58-28(2)65/h3-7,9-12,14-15,19,23,26-27,34-40,76-77H,8,13,16-18,20-22,24-25H2,1-2H3,(H2,51,68)(H,54,56)(H,57,72)(H,58,65)(H,59,73)(H,60,75)(H,61,70)(H,62,74)(H,63,71)(H,64,69)(H,66,67)(H4,52,53,55)/t27-,34-,35-,36+,37-,38-,39-,40-/m0/s1. The fourth-order valence-corrected chi connectivity index (χ4v) is 8.22. The number of hydrogen-bond acceptors (Lipinski definition) is 14. The summed E-state index contributed by atoms with van der Waals surface area (Å²) in [6.07, 6.45) is 1.19. The normalized spacial score (nSPS) is 14.0. The predicted molar refractivity (Wildman–Crippen MR) is 291 cm³/mol. The number of carboxylic acid groups (broad SMARTS) is 1. The first-order valence-electron chi connectivity index (χ1n) is 24.3. The van der Waals surface area contributed by atoms with Gasteiger partial charge in [-0.2, -0.15) is 25.3 Å². The summed E-state index contributed by atoms with van der Waals surface area (Å²) in [6, 6.07) is 10.5. The van der Waals surface area contributed by atoms with Gasteiger partial charge in [0.1, 0.15) is 48.3 Å². The van der Waals surface area contributed by atoms with Gasteiger partial charge in [-0.05, 0) is 48.1 Å². The summed E-state index contributed by atoms with van der Waals surface area (Å²) in [6.45, 7) is 2.55. The van der Waals surface area contributed by atoms with Crippen LogP contribution in [-0.2, 0) is 67.2 Å². The molecule has 414 valence electrons. The van der Waals surface area contributed by atoms with Crippen molar-refractivity contribution in [3.05, 3.63) is 102 Å². The Hall–Kier alpha value is -8.20. The van der Waals surface area contributed by atoms with Gasteiger partial charge in [-0.15, -0.1) is 0 Å². The molecule has 0 fully saturated rings. The van der Waals surface area contributed by atoms with Crippen LogP contribution in [0.3, 0.4) is 0 Å². The van der Waals surface area contributed by atoms with Gasteiger partial charge >= 0.3 is 5.97 Å². The van der Waals surface area contributed by atoms with Gasteiger partial charge < -0.3 is 69.8 Å². The van der Waals surface area contributed by atoms with E-state index >= 15 is 0 Å². The van der Waals surface area contributed by atoms with Gasteiger partial charge in [0.15, 0.2) is 5.96 Å². The number of hydrogen-bond donors (Lipinski definition) is 15. The number of primary amides is 1. The molecule has 1 aromatic heterocycles. The molecule has 1 heterocycles. The van der Waals surface area contributed by atoms with Crippen LogP contribution in [0.25, 0.3) is 10.8 Å². The highest BCUT2D eigenvalue weighted by atomic mass is 32.1. The Morgan fingerprint density at radius 1 is 0.584 bits per heavy atom. The van der Waals surface area contributed by atoms with Crippen molar-refractivity contribution in [3.63, 3.8) is 0 Å². The average Bonchev–Trinajstić information content (AvgIpc) is 3.91. The maximum atomic E-state index is 14.7. The number of guanidine groups is 1. The molecule has 3 aromatic carbocycles. The lowest BCUT2D eigenvalue weighted by Gasteiger charge is -2.28. The van der Waals surface area contributed by atoms with E-state index < -0.39 is 120 Å². The van der Waals surface area contributed by atoms with Crippen molar-refractivity contribution in [2.45, 2.75) is 107 Å². The number of imidazole rings is 1. The summed E-state index contributed by atoms with van der Waals surface area (Å²) in [5, 5.41) is 31.8. The van der Waals surface area contributed by atoms with Crippen LogP contribution in [0.1, 0.15) is 56.4 Å². The highest BCUT2D eigenvalue weighted by Crippen LogP contribution is 2.18. The fraction of sp³-hybridized carbons (Fsp3) is 0.400. The van der Waals surface area contributed by atoms with Crippen LogP contribution in [0.15, 0.2) is 90.3 Å². The second kappa shape index (κ2) is 31.0. The van der Waals surface area contributed by atoms with E-state index in [1.165, 1.54) is 26.4 Å². The number of aliphatic carboxylic acids is 1. The van der Waals surface area contributed by atoms with E-state index in [0.29, 0.717) is 16.8 Å². The molecule has 0 spiro atoms. The molecule has 77 heavy (non-hydrogen) atoms. The Balaban J connectivity index is 1.69. The fourth-order valence-electron chi connectivity index (χ4n) is 7.69. The number of amides is 9. The molecule has 4 aromatic rings. The average molecular weight is 1100 g/mol. The van der Waals surface area contributed by atoms with Gasteiger partial charge in [0.2, 0.25) is 53.2 Å². The molecular weight excluding hydrogens is 1040 g/mol. The number of aromatic amines is 1. The van der Waals surface area contributed by atoms with Crippen molar-refractivity contribution in [2.24, 2.45) is 22.2 Å². The minimum atomic E-state index is -1.53. The molecule has 0 aliphatic rings. The Morgan fingerprint density at radius 2 is 1.09 bits per heavy atom. The molecule has 27 heteroatoms. The number of nitrogens with two attached hydrogens (primary N) is 3. The summed E-state index contributed by atoms with van der Waals surface area (Å²) < 4.78 is 0. The van der Waals surface area contributed by atoms with E-state index in [-0.39, 0.29) is 56.1 Å². The maximum Gasteiger partial charge on any atom is 0.303 e. The van der Waals surface area contributed by atoms with Crippen LogP contribution >= 0.6 is 25.3 Å². The topological polar surface area (TPSA) is 406 Å². The van der Waals surface area contributed by atoms with Gasteiger partial charge in [-0.3, -0.25) is 52.9 Å². The number of aliphatic imine (C=N–C) groups is 1. The number of nitrogens with one attached hydrogen (secondary N) is 9. The number of rotatable bonds is 31. The molecule has 0 saturated heterocycles. The lowest BCUT2D eigenvalue weighted by atomic mass is 10.00. The quantitative estimate of drug-likeness (QED) is 0.0110. The van der Waals surface area contributed by atoms with Crippen LogP contribution in [0.5, 0.6) is 0 Å². The van der Waals surface area contributed by atoms with Crippen LogP contribution < -0.4 is 59.7 Å². The summed E-state index contributed by atoms with van der Waals surface area (Å²) in [4.78, 5) is 144. The molecule has 16 N–H and O–H groups in total. The first kappa shape index (κ1) is 61.3. The lowest BCUT2D eigenvalue weighted by molar-refractivity contribution is -0.138. The van der Waals surface area contributed by atoms with E-state index in [1.807, 2.05) is 36.4 Å². The Morgan fingerprint density at radius 3 is 1.64 bits per heavy atom. The summed E-state index contributed by atoms with van der Waals surface area (Å²) >= 11 is 8.16. The molecule has 0 aliphatic heterocycles. The molecular formula is C50H66N14O11S2. The number of carbonyl (C=O) groups is 10. The van der Waals surface area contributed by atoms with Gasteiger partial charge in [-0.1, -0.05) is 72.8 Å². The number of H-pyrrole nitrogens is 1. The molecule has 0 radical (unpaired) electrons. The smallest absolute Gasteiger partial charge is 0.303 e. The second-order valence-corrected chi connectivity index (χ2v) is 18.6. The minimum absolute atomic E-state index is 0.0177. The first-order valence-corrected chi connectivity index (χ1v) is 25.6. The molecule has 0 aliphatic carbocycles. The first-order chi connectivity index (χ1) is 36.7. The van der Waals surface area contributed by atoms with Crippen LogP contribution in [0.4, 0.5) is 0 Å². The number of benzene rings is 3. The zero-order chi connectivity index (χ0) is 56.6. The Labute approximate surface area is 454 Å². The molecule has 9 amide bonds. The summed E-state index contributed by atoms with van der Waals surface area (Å²) in [5.74, 6) is -9.30. The number of carbonyl (C=O) groups excluding carboxylic acids is 9. The van der Waals surface area contributed by atoms with Crippen molar-refractivity contribution in [2.75, 3.05) is 18.1 Å². The van der Waals surface area contributed by atoms with Crippen molar-refractivity contribution in [3.8, 4) is 0 Å². The molecule has 25 nitrogen and oxygen atoms in total. The third-order valence-electron chi connectivity index (χ3n) is 11.7. The van der Waals surface area contributed by atoms with Gasteiger partial charge in [-0.25, -0.2) is 4.98 Å². The zero-order valence-corrected chi connectivity index (χ0v) is 44.1. The summed E-state index contributed by atoms with van der Waals surface area (Å²) in [5.41, 5.74) is 18.0. The van der Waals surface area contributed by atoms with Crippen LogP contribution in [0.2, 0.25) is 0 Å². The molecule has 4 rings (SSSR count). The number of carboxylic acids is 1. The lowest BCUT2D eigenvalue weighted by Crippen LogP contribution is -2.61. The molecule has 0 bridgehead atoms. The van der Waals surface area contributed by atoms with Gasteiger partial charge in [0.25, 0.3) is 0 Å². The number of aromatic nitrogens is 2. The van der Waals surface area contributed by atoms with E-state index in [0.717, 1.165) is 10.8 Å². The zero-order valence-electron chi connectivity index (χ0n) is 42.3. The third-order valence-corrected chi connectivity index (χ3v) is 12.5. The molecule has 8 atom stereocenters. The number of fused-ring (bicyclic) bond motifs is 1. The Bertz CT molecular complexity index is 2730. The van der Waals surface area contributed by atoms with Gasteiger partial charge in [0, 0.05) is 62.5 Å². The largest absolute Gasteiger partial charge is 0.481 e. The monoisotopic (exact) mass is 1100 g/mol. The molecule has 0 unspecified atom stereocenters. The predicted octanol–water partition coefficient (Wildman–Crippen LogP) is -2.23. The number of nitrogens with zero attached hydrogens (tertiary/aromatic N) is 2. The van der Waals surface area contributed by atoms with Crippen molar-refractivity contribution >= 4 is 101 Å². The number of thiol groups is 2. The van der Waals surface area contributed by atoms with Gasteiger partial charge in [0.05, 0.1) is 6.33 Å². The minimum Gasteiger partial charge on any atom is -0.481 e. The summed E-state index contributed by atoms with van der Waals surface area (Å²) in [7, 11) is 0. The maximum absolute atomic E-state index is 14.7. The SMILES string of the molecule is CC(=O)N[C@@H](CS)C(=O)N[C@@H](CCC(=O)O)C(=O)N[C@@H](Cc1cnc[nH]1)C(=O)N[C@H](Cc1ccccc1)C(=O)N[C@@H](CCCN=C(N)N)C(=O)N[C@@H](Cc1ccc2ccccc2c1)C(=O)N[C@@H](C)C(=O)N[C@@H](CS)C(N)=O. The Kier molecular flexibility index (Phi) is 24.7.